The molecule has 0 aromatic rings. The average Bonchev–Trinajstić information content (AvgIpc) is 2.65. The Bertz CT molecular complexity index is 172. The fourth-order valence-corrected chi connectivity index (χ4v) is 1.87. The van der Waals surface area contributed by atoms with Gasteiger partial charge < -0.3 is 4.90 Å². The Kier molecular flexibility index (Phi) is 4.02. The van der Waals surface area contributed by atoms with E-state index in [0.29, 0.717) is 6.04 Å². The van der Waals surface area contributed by atoms with Crippen molar-refractivity contribution in [1.82, 2.24) is 10.3 Å². The summed E-state index contributed by atoms with van der Waals surface area (Å²) in [7, 11) is 2.06. The number of nitrogens with one attached hydrogen (secondary N) is 1. The number of hydrazine groups is 1. The summed E-state index contributed by atoms with van der Waals surface area (Å²) in [6.07, 6.45) is 5.19. The van der Waals surface area contributed by atoms with E-state index < -0.39 is 0 Å². The van der Waals surface area contributed by atoms with Crippen LogP contribution in [0, 0.1) is 0 Å². The van der Waals surface area contributed by atoms with Crippen molar-refractivity contribution in [2.45, 2.75) is 38.6 Å². The van der Waals surface area contributed by atoms with Gasteiger partial charge in [0, 0.05) is 19.6 Å². The van der Waals surface area contributed by atoms with Crippen molar-refractivity contribution in [1.29, 1.82) is 0 Å². The van der Waals surface area contributed by atoms with Gasteiger partial charge in [-0.15, -0.1) is 0 Å². The van der Waals surface area contributed by atoms with Crippen molar-refractivity contribution >= 4 is 5.96 Å². The molecule has 76 valence electrons. The van der Waals surface area contributed by atoms with Crippen LogP contribution < -0.4 is 11.3 Å². The first-order valence-corrected chi connectivity index (χ1v) is 5.03. The number of rotatable bonds is 2. The molecule has 0 aromatic heterocycles. The Hall–Kier alpha value is -0.770. The summed E-state index contributed by atoms with van der Waals surface area (Å²) in [6.45, 7) is 2.79. The third-order valence-electron chi connectivity index (χ3n) is 2.64. The molecule has 1 saturated carbocycles. The number of guanidine groups is 1. The minimum Gasteiger partial charge on any atom is -0.342 e. The van der Waals surface area contributed by atoms with E-state index in [9.17, 15) is 0 Å². The quantitative estimate of drug-likeness (QED) is 0.287. The predicted octanol–water partition coefficient (Wildman–Crippen LogP) is 0.700. The second-order valence-corrected chi connectivity index (χ2v) is 3.49. The Labute approximate surface area is 80.2 Å². The van der Waals surface area contributed by atoms with E-state index in [-0.39, 0.29) is 0 Å². The van der Waals surface area contributed by atoms with Crippen LogP contribution in [0.4, 0.5) is 0 Å². The van der Waals surface area contributed by atoms with E-state index in [1.165, 1.54) is 25.7 Å². The summed E-state index contributed by atoms with van der Waals surface area (Å²) in [4.78, 5) is 6.46. The topological polar surface area (TPSA) is 53.6 Å². The van der Waals surface area contributed by atoms with Gasteiger partial charge in [-0.3, -0.25) is 10.4 Å². The summed E-state index contributed by atoms with van der Waals surface area (Å²) in [5, 5.41) is 0. The van der Waals surface area contributed by atoms with Gasteiger partial charge in [-0.1, -0.05) is 12.8 Å². The molecule has 0 amide bonds. The van der Waals surface area contributed by atoms with Crippen LogP contribution in [0.5, 0.6) is 0 Å². The van der Waals surface area contributed by atoms with E-state index >= 15 is 0 Å². The summed E-state index contributed by atoms with van der Waals surface area (Å²) < 4.78 is 0. The largest absolute Gasteiger partial charge is 0.342 e. The molecule has 1 aliphatic rings. The smallest absolute Gasteiger partial charge is 0.208 e. The van der Waals surface area contributed by atoms with E-state index in [1.807, 2.05) is 6.92 Å². The fourth-order valence-electron chi connectivity index (χ4n) is 1.87. The van der Waals surface area contributed by atoms with Gasteiger partial charge in [0.05, 0.1) is 0 Å². The lowest BCUT2D eigenvalue weighted by Crippen LogP contribution is -2.46. The second-order valence-electron chi connectivity index (χ2n) is 3.49. The molecule has 1 fully saturated rings. The molecule has 0 atom stereocenters. The molecule has 0 unspecified atom stereocenters. The van der Waals surface area contributed by atoms with Gasteiger partial charge in [-0.05, 0) is 19.8 Å². The molecule has 0 radical (unpaired) electrons. The van der Waals surface area contributed by atoms with Crippen molar-refractivity contribution < 1.29 is 0 Å². The molecule has 13 heavy (non-hydrogen) atoms. The molecule has 4 heteroatoms. The highest BCUT2D eigenvalue weighted by Crippen LogP contribution is 2.22. The second kappa shape index (κ2) is 5.07. The molecule has 0 bridgehead atoms. The number of nitrogens with zero attached hydrogens (tertiary/aromatic N) is 2. The van der Waals surface area contributed by atoms with Crippen molar-refractivity contribution in [2.75, 3.05) is 13.6 Å². The molecular formula is C9H20N4. The minimum absolute atomic E-state index is 0.626. The molecule has 0 saturated heterocycles. The zero-order valence-electron chi connectivity index (χ0n) is 8.58. The third kappa shape index (κ3) is 2.59. The summed E-state index contributed by atoms with van der Waals surface area (Å²) in [5.74, 6) is 6.22. The standard InChI is InChI=1S/C9H20N4/c1-3-11-9(12-10)13(2)8-6-4-5-7-8/h8H,3-7,10H2,1-2H3,(H,11,12). The molecule has 4 nitrogen and oxygen atoms in total. The van der Waals surface area contributed by atoms with E-state index in [4.69, 9.17) is 5.84 Å². The average molecular weight is 184 g/mol. The van der Waals surface area contributed by atoms with E-state index in [0.717, 1.165) is 12.5 Å². The first kappa shape index (κ1) is 10.3. The maximum Gasteiger partial charge on any atom is 0.208 e. The molecule has 1 aliphatic carbocycles. The molecule has 1 rings (SSSR count). The van der Waals surface area contributed by atoms with Crippen LogP contribution in [0.15, 0.2) is 4.99 Å². The van der Waals surface area contributed by atoms with Gasteiger partial charge in [0.2, 0.25) is 5.96 Å². The van der Waals surface area contributed by atoms with Gasteiger partial charge in [0.15, 0.2) is 0 Å². The lowest BCUT2D eigenvalue weighted by atomic mass is 10.2. The lowest BCUT2D eigenvalue weighted by molar-refractivity contribution is 0.359. The highest BCUT2D eigenvalue weighted by molar-refractivity contribution is 5.79. The number of nitrogens with two attached hydrogens (primary N) is 1. The van der Waals surface area contributed by atoms with Crippen LogP contribution in [0.1, 0.15) is 32.6 Å². The van der Waals surface area contributed by atoms with Gasteiger partial charge in [-0.25, -0.2) is 5.84 Å². The summed E-state index contributed by atoms with van der Waals surface area (Å²) >= 11 is 0. The van der Waals surface area contributed by atoms with Crippen molar-refractivity contribution in [3.63, 3.8) is 0 Å². The molecular weight excluding hydrogens is 164 g/mol. The minimum atomic E-state index is 0.626. The predicted molar refractivity (Wildman–Crippen MR) is 55.3 cm³/mol. The van der Waals surface area contributed by atoms with Crippen molar-refractivity contribution in [3.8, 4) is 0 Å². The normalized spacial score (nSPS) is 19.2. The third-order valence-corrected chi connectivity index (χ3v) is 2.64. The van der Waals surface area contributed by atoms with E-state index in [2.05, 4.69) is 22.4 Å². The van der Waals surface area contributed by atoms with Crippen molar-refractivity contribution in [2.24, 2.45) is 10.8 Å². The van der Waals surface area contributed by atoms with Gasteiger partial charge >= 0.3 is 0 Å². The molecule has 0 heterocycles. The maximum atomic E-state index is 5.40. The van der Waals surface area contributed by atoms with Gasteiger partial charge in [-0.2, -0.15) is 0 Å². The lowest BCUT2D eigenvalue weighted by Gasteiger charge is -2.26. The first-order chi connectivity index (χ1) is 6.29. The van der Waals surface area contributed by atoms with Crippen LogP contribution in [0.25, 0.3) is 0 Å². The maximum absolute atomic E-state index is 5.40. The Morgan fingerprint density at radius 1 is 1.54 bits per heavy atom. The first-order valence-electron chi connectivity index (χ1n) is 5.03. The Balaban J connectivity index is 2.52. The van der Waals surface area contributed by atoms with Crippen LogP contribution in [0.2, 0.25) is 0 Å². The monoisotopic (exact) mass is 184 g/mol. The molecule has 3 N–H and O–H groups in total. The molecule has 0 aromatic carbocycles. The van der Waals surface area contributed by atoms with Crippen molar-refractivity contribution in [3.05, 3.63) is 0 Å². The fraction of sp³-hybridized carbons (Fsp3) is 0.889. The number of hydrogen-bond acceptors (Lipinski definition) is 2. The Morgan fingerprint density at radius 2 is 2.15 bits per heavy atom. The van der Waals surface area contributed by atoms with Crippen LogP contribution >= 0.6 is 0 Å². The zero-order chi connectivity index (χ0) is 9.68. The molecule has 0 spiro atoms. The van der Waals surface area contributed by atoms with Gasteiger partial charge in [0.1, 0.15) is 0 Å². The van der Waals surface area contributed by atoms with Crippen LogP contribution in [0.3, 0.4) is 0 Å². The summed E-state index contributed by atoms with van der Waals surface area (Å²) in [5.41, 5.74) is 2.66. The van der Waals surface area contributed by atoms with E-state index in [1.54, 1.807) is 0 Å². The summed E-state index contributed by atoms with van der Waals surface area (Å²) in [6, 6.07) is 0.626. The SMILES string of the molecule is CCN=C(NN)N(C)C1CCCC1. The highest BCUT2D eigenvalue weighted by Gasteiger charge is 2.21. The highest BCUT2D eigenvalue weighted by atomic mass is 15.4. The van der Waals surface area contributed by atoms with Crippen LogP contribution in [-0.2, 0) is 0 Å². The zero-order valence-corrected chi connectivity index (χ0v) is 8.58. The molecule has 0 aliphatic heterocycles. The number of aliphatic imine (C=N–C) groups is 1. The number of hydrogen-bond donors (Lipinski definition) is 2. The van der Waals surface area contributed by atoms with Gasteiger partial charge in [0.25, 0.3) is 0 Å². The van der Waals surface area contributed by atoms with Crippen LogP contribution in [-0.4, -0.2) is 30.5 Å². The Morgan fingerprint density at radius 3 is 2.62 bits per heavy atom.